The number of amides is 2. The normalized spacial score (nSPS) is 25.5. The van der Waals surface area contributed by atoms with E-state index in [1.54, 1.807) is 0 Å². The number of para-hydroxylation sites is 2. The van der Waals surface area contributed by atoms with Crippen molar-refractivity contribution < 1.29 is 9.53 Å². The van der Waals surface area contributed by atoms with Crippen LogP contribution in [0, 0.1) is 0 Å². The molecule has 2 fully saturated rings. The summed E-state index contributed by atoms with van der Waals surface area (Å²) in [5.74, 6) is 0. The highest BCUT2D eigenvalue weighted by Crippen LogP contribution is 2.28. The maximum Gasteiger partial charge on any atom is 0.319 e. The van der Waals surface area contributed by atoms with Crippen LogP contribution in [0.2, 0.25) is 0 Å². The Hall–Kier alpha value is -1.75. The van der Waals surface area contributed by atoms with Crippen molar-refractivity contribution in [3.63, 3.8) is 0 Å². The lowest BCUT2D eigenvalue weighted by Crippen LogP contribution is -2.45. The Morgan fingerprint density at radius 2 is 1.86 bits per heavy atom. The lowest BCUT2D eigenvalue weighted by atomic mass is 10.1. The molecule has 2 atom stereocenters. The highest BCUT2D eigenvalue weighted by molar-refractivity contribution is 5.93. The van der Waals surface area contributed by atoms with Gasteiger partial charge in [0.2, 0.25) is 0 Å². The number of hydrogen-bond donors (Lipinski definition) is 2. The van der Waals surface area contributed by atoms with E-state index < -0.39 is 0 Å². The van der Waals surface area contributed by atoms with E-state index in [0.717, 1.165) is 37.3 Å². The van der Waals surface area contributed by atoms with E-state index in [1.165, 1.54) is 0 Å². The summed E-state index contributed by atoms with van der Waals surface area (Å²) in [6, 6.07) is 8.21. The van der Waals surface area contributed by atoms with Crippen LogP contribution < -0.4 is 15.5 Å². The third-order valence-electron chi connectivity index (χ3n) is 3.83. The molecule has 1 aromatic rings. The number of benzene rings is 1. The minimum atomic E-state index is -0.112. The number of nitrogens with one attached hydrogen (secondary N) is 2. The van der Waals surface area contributed by atoms with Crippen LogP contribution in [0.4, 0.5) is 16.2 Å². The number of ether oxygens (including phenoxy) is 1. The lowest BCUT2D eigenvalue weighted by molar-refractivity contribution is -0.00517. The molecule has 2 N–H and O–H groups in total. The van der Waals surface area contributed by atoms with Crippen molar-refractivity contribution in [3.8, 4) is 0 Å². The van der Waals surface area contributed by atoms with Crippen molar-refractivity contribution in [2.75, 3.05) is 23.3 Å². The molecular formula is C16H23N3O2. The largest absolute Gasteiger partial charge is 0.372 e. The molecule has 1 aromatic carbocycles. The number of carbonyl (C=O) groups is 1. The van der Waals surface area contributed by atoms with Gasteiger partial charge in [-0.15, -0.1) is 0 Å². The van der Waals surface area contributed by atoms with Crippen molar-refractivity contribution in [1.82, 2.24) is 5.32 Å². The second-order valence-corrected chi connectivity index (χ2v) is 6.05. The third-order valence-corrected chi connectivity index (χ3v) is 3.83. The molecule has 114 valence electrons. The van der Waals surface area contributed by atoms with Gasteiger partial charge in [0.1, 0.15) is 0 Å². The summed E-state index contributed by atoms with van der Waals surface area (Å²) >= 11 is 0. The number of anilines is 2. The third kappa shape index (κ3) is 3.67. The topological polar surface area (TPSA) is 53.6 Å². The Morgan fingerprint density at radius 1 is 1.19 bits per heavy atom. The van der Waals surface area contributed by atoms with Gasteiger partial charge >= 0.3 is 6.03 Å². The molecule has 1 saturated carbocycles. The molecule has 5 heteroatoms. The minimum absolute atomic E-state index is 0.112. The molecule has 21 heavy (non-hydrogen) atoms. The zero-order chi connectivity index (χ0) is 14.8. The quantitative estimate of drug-likeness (QED) is 0.899. The fraction of sp³-hybridized carbons (Fsp3) is 0.562. The van der Waals surface area contributed by atoms with Gasteiger partial charge in [0.05, 0.1) is 23.6 Å². The number of urea groups is 1. The van der Waals surface area contributed by atoms with Crippen LogP contribution in [0.25, 0.3) is 0 Å². The molecule has 0 spiro atoms. The Labute approximate surface area is 125 Å². The Kier molecular flexibility index (Phi) is 4.01. The Balaban J connectivity index is 1.73. The molecule has 1 aliphatic heterocycles. The van der Waals surface area contributed by atoms with Crippen molar-refractivity contribution in [1.29, 1.82) is 0 Å². The monoisotopic (exact) mass is 289 g/mol. The summed E-state index contributed by atoms with van der Waals surface area (Å²) in [4.78, 5) is 14.2. The predicted molar refractivity (Wildman–Crippen MR) is 83.8 cm³/mol. The summed E-state index contributed by atoms with van der Waals surface area (Å²) in [5.41, 5.74) is 1.92. The zero-order valence-electron chi connectivity index (χ0n) is 12.6. The first-order chi connectivity index (χ1) is 10.1. The van der Waals surface area contributed by atoms with E-state index in [1.807, 2.05) is 18.2 Å². The van der Waals surface area contributed by atoms with E-state index in [0.29, 0.717) is 6.04 Å². The molecular weight excluding hydrogens is 266 g/mol. The molecule has 0 bridgehead atoms. The van der Waals surface area contributed by atoms with Gasteiger partial charge in [-0.2, -0.15) is 0 Å². The summed E-state index contributed by atoms with van der Waals surface area (Å²) < 4.78 is 5.78. The van der Waals surface area contributed by atoms with Crippen molar-refractivity contribution >= 4 is 17.4 Å². The summed E-state index contributed by atoms with van der Waals surface area (Å²) in [6.45, 7) is 5.84. The highest BCUT2D eigenvalue weighted by atomic mass is 16.5. The van der Waals surface area contributed by atoms with E-state index >= 15 is 0 Å². The number of morpholine rings is 1. The molecule has 2 aliphatic rings. The van der Waals surface area contributed by atoms with Crippen LogP contribution in [0.3, 0.4) is 0 Å². The SMILES string of the molecule is C[C@H]1CN(c2ccccc2NC(=O)NC2CC2)C[C@H](C)O1. The zero-order valence-corrected chi connectivity index (χ0v) is 12.6. The van der Waals surface area contributed by atoms with Crippen LogP contribution >= 0.6 is 0 Å². The number of rotatable bonds is 3. The van der Waals surface area contributed by atoms with Gasteiger partial charge in [0, 0.05) is 19.1 Å². The highest BCUT2D eigenvalue weighted by Gasteiger charge is 2.26. The van der Waals surface area contributed by atoms with Crippen LogP contribution in [-0.4, -0.2) is 37.4 Å². The fourth-order valence-electron chi connectivity index (χ4n) is 2.80. The molecule has 2 amide bonds. The number of hydrogen-bond acceptors (Lipinski definition) is 3. The first-order valence-corrected chi connectivity index (χ1v) is 7.69. The summed E-state index contributed by atoms with van der Waals surface area (Å²) in [5, 5.41) is 5.93. The van der Waals surface area contributed by atoms with Gasteiger partial charge in [0.25, 0.3) is 0 Å². The summed E-state index contributed by atoms with van der Waals surface area (Å²) in [7, 11) is 0. The average Bonchev–Trinajstić information content (AvgIpc) is 3.22. The predicted octanol–water partition coefficient (Wildman–Crippen LogP) is 2.58. The average molecular weight is 289 g/mol. The number of nitrogens with zero attached hydrogens (tertiary/aromatic N) is 1. The lowest BCUT2D eigenvalue weighted by Gasteiger charge is -2.37. The van der Waals surface area contributed by atoms with Crippen molar-refractivity contribution in [2.45, 2.75) is 44.9 Å². The number of carbonyl (C=O) groups excluding carboxylic acids is 1. The summed E-state index contributed by atoms with van der Waals surface area (Å²) in [6.07, 6.45) is 2.57. The molecule has 3 rings (SSSR count). The van der Waals surface area contributed by atoms with Crippen LogP contribution in [0.15, 0.2) is 24.3 Å². The van der Waals surface area contributed by atoms with Crippen molar-refractivity contribution in [2.24, 2.45) is 0 Å². The molecule has 0 unspecified atom stereocenters. The second-order valence-electron chi connectivity index (χ2n) is 6.05. The van der Waals surface area contributed by atoms with Crippen LogP contribution in [-0.2, 0) is 4.74 Å². The first kappa shape index (κ1) is 14.2. The van der Waals surface area contributed by atoms with E-state index in [2.05, 4.69) is 35.4 Å². The van der Waals surface area contributed by atoms with E-state index in [4.69, 9.17) is 4.74 Å². The molecule has 5 nitrogen and oxygen atoms in total. The van der Waals surface area contributed by atoms with Gasteiger partial charge in [-0.3, -0.25) is 0 Å². The molecule has 1 aliphatic carbocycles. The maximum absolute atomic E-state index is 12.0. The van der Waals surface area contributed by atoms with Crippen molar-refractivity contribution in [3.05, 3.63) is 24.3 Å². The van der Waals surface area contributed by atoms with Gasteiger partial charge in [-0.1, -0.05) is 12.1 Å². The van der Waals surface area contributed by atoms with Crippen LogP contribution in [0.1, 0.15) is 26.7 Å². The molecule has 1 saturated heterocycles. The van der Waals surface area contributed by atoms with Gasteiger partial charge in [-0.05, 0) is 38.8 Å². The van der Waals surface area contributed by atoms with E-state index in [9.17, 15) is 4.79 Å². The molecule has 0 aromatic heterocycles. The second kappa shape index (κ2) is 5.93. The Morgan fingerprint density at radius 3 is 2.52 bits per heavy atom. The van der Waals surface area contributed by atoms with Gasteiger partial charge in [0.15, 0.2) is 0 Å². The van der Waals surface area contributed by atoms with E-state index in [-0.39, 0.29) is 18.2 Å². The van der Waals surface area contributed by atoms with Gasteiger partial charge in [-0.25, -0.2) is 4.79 Å². The standard InChI is InChI=1S/C16H23N3O2/c1-11-9-19(10-12(2)21-11)15-6-4-3-5-14(15)18-16(20)17-13-7-8-13/h3-6,11-13H,7-10H2,1-2H3,(H2,17,18,20)/t11-,12-/m0/s1. The first-order valence-electron chi connectivity index (χ1n) is 7.69. The fourth-order valence-corrected chi connectivity index (χ4v) is 2.80. The Bertz CT molecular complexity index is 506. The minimum Gasteiger partial charge on any atom is -0.372 e. The molecule has 0 radical (unpaired) electrons. The maximum atomic E-state index is 12.0. The van der Waals surface area contributed by atoms with Gasteiger partial charge < -0.3 is 20.3 Å². The smallest absolute Gasteiger partial charge is 0.319 e. The van der Waals surface area contributed by atoms with Crippen LogP contribution in [0.5, 0.6) is 0 Å². The molecule has 1 heterocycles.